The number of anilines is 1. The molecule has 2 aromatic rings. The second kappa shape index (κ2) is 8.24. The van der Waals surface area contributed by atoms with Crippen molar-refractivity contribution in [1.82, 2.24) is 4.31 Å². The fourth-order valence-electron chi connectivity index (χ4n) is 2.88. The summed E-state index contributed by atoms with van der Waals surface area (Å²) < 4.78 is 53.5. The predicted octanol–water partition coefficient (Wildman–Crippen LogP) is 3.27. The lowest BCUT2D eigenvalue weighted by Crippen LogP contribution is -2.35. The summed E-state index contributed by atoms with van der Waals surface area (Å²) in [6, 6.07) is 14.9. The van der Waals surface area contributed by atoms with E-state index in [1.165, 1.54) is 34.6 Å². The van der Waals surface area contributed by atoms with E-state index in [1.807, 2.05) is 18.2 Å². The quantitative estimate of drug-likeness (QED) is 0.798. The standard InChI is InChI=1S/C19H22N2O4S2/c22-26(23,16-13-17-7-3-1-4-8-17)20-18-9-11-19(12-10-18)27(24,25)21-14-5-2-6-15-21/h1,3-4,7-13,16,20H,2,5-6,14-15H2/b16-13+. The van der Waals surface area contributed by atoms with Gasteiger partial charge in [0, 0.05) is 18.8 Å². The van der Waals surface area contributed by atoms with E-state index in [9.17, 15) is 16.8 Å². The summed E-state index contributed by atoms with van der Waals surface area (Å²) in [5.74, 6) is 0. The summed E-state index contributed by atoms with van der Waals surface area (Å²) in [6.45, 7) is 1.06. The van der Waals surface area contributed by atoms with E-state index < -0.39 is 20.0 Å². The molecule has 0 atom stereocenters. The van der Waals surface area contributed by atoms with Gasteiger partial charge in [-0.3, -0.25) is 4.72 Å². The molecule has 0 aromatic heterocycles. The summed E-state index contributed by atoms with van der Waals surface area (Å²) in [5, 5.41) is 1.08. The van der Waals surface area contributed by atoms with Crippen LogP contribution in [0.1, 0.15) is 24.8 Å². The normalized spacial score (nSPS) is 16.4. The highest BCUT2D eigenvalue weighted by atomic mass is 32.2. The van der Waals surface area contributed by atoms with Crippen LogP contribution in [-0.2, 0) is 20.0 Å². The average Bonchev–Trinajstić information content (AvgIpc) is 2.68. The topological polar surface area (TPSA) is 83.5 Å². The van der Waals surface area contributed by atoms with Crippen molar-refractivity contribution in [2.24, 2.45) is 0 Å². The molecule has 0 amide bonds. The molecule has 0 saturated carbocycles. The maximum Gasteiger partial charge on any atom is 0.255 e. The highest BCUT2D eigenvalue weighted by Gasteiger charge is 2.25. The van der Waals surface area contributed by atoms with Crippen LogP contribution in [0.15, 0.2) is 64.9 Å². The zero-order valence-corrected chi connectivity index (χ0v) is 16.4. The number of piperidine rings is 1. The molecule has 27 heavy (non-hydrogen) atoms. The van der Waals surface area contributed by atoms with Crippen molar-refractivity contribution in [2.75, 3.05) is 17.8 Å². The third-order valence-corrected chi connectivity index (χ3v) is 7.23. The van der Waals surface area contributed by atoms with Crippen LogP contribution in [-0.4, -0.2) is 34.2 Å². The summed E-state index contributed by atoms with van der Waals surface area (Å²) in [6.07, 6.45) is 4.27. The van der Waals surface area contributed by atoms with E-state index in [0.29, 0.717) is 18.8 Å². The van der Waals surface area contributed by atoms with Crippen LogP contribution in [0.4, 0.5) is 5.69 Å². The number of hydrogen-bond donors (Lipinski definition) is 1. The third-order valence-electron chi connectivity index (χ3n) is 4.31. The lowest BCUT2D eigenvalue weighted by atomic mass is 10.2. The van der Waals surface area contributed by atoms with E-state index in [-0.39, 0.29) is 4.90 Å². The summed E-state index contributed by atoms with van der Waals surface area (Å²) in [7, 11) is -7.22. The molecule has 1 fully saturated rings. The maximum absolute atomic E-state index is 12.6. The summed E-state index contributed by atoms with van der Waals surface area (Å²) in [4.78, 5) is 0.173. The van der Waals surface area contributed by atoms with Gasteiger partial charge in [0.05, 0.1) is 10.3 Å². The first-order valence-corrected chi connectivity index (χ1v) is 11.7. The lowest BCUT2D eigenvalue weighted by molar-refractivity contribution is 0.346. The zero-order valence-electron chi connectivity index (χ0n) is 14.8. The minimum absolute atomic E-state index is 0.173. The zero-order chi connectivity index (χ0) is 19.3. The SMILES string of the molecule is O=S(=O)(/C=C/c1ccccc1)Nc1ccc(S(=O)(=O)N2CCCCC2)cc1. The van der Waals surface area contributed by atoms with Gasteiger partial charge < -0.3 is 0 Å². The van der Waals surface area contributed by atoms with Gasteiger partial charge in [0.15, 0.2) is 0 Å². The monoisotopic (exact) mass is 406 g/mol. The Morgan fingerprint density at radius 2 is 1.44 bits per heavy atom. The number of nitrogens with one attached hydrogen (secondary N) is 1. The van der Waals surface area contributed by atoms with Gasteiger partial charge in [-0.1, -0.05) is 36.8 Å². The molecular weight excluding hydrogens is 384 g/mol. The Kier molecular flexibility index (Phi) is 5.98. The van der Waals surface area contributed by atoms with Gasteiger partial charge >= 0.3 is 0 Å². The van der Waals surface area contributed by atoms with Crippen molar-refractivity contribution in [3.63, 3.8) is 0 Å². The Morgan fingerprint density at radius 1 is 0.815 bits per heavy atom. The van der Waals surface area contributed by atoms with Crippen molar-refractivity contribution in [1.29, 1.82) is 0 Å². The Labute approximate surface area is 160 Å². The Balaban J connectivity index is 1.71. The molecule has 0 aliphatic carbocycles. The average molecular weight is 407 g/mol. The first-order valence-electron chi connectivity index (χ1n) is 8.73. The van der Waals surface area contributed by atoms with Crippen molar-refractivity contribution in [3.05, 3.63) is 65.6 Å². The van der Waals surface area contributed by atoms with Crippen LogP contribution in [0, 0.1) is 0 Å². The molecule has 0 radical (unpaired) electrons. The summed E-state index contributed by atoms with van der Waals surface area (Å²) >= 11 is 0. The van der Waals surface area contributed by atoms with Gasteiger partial charge in [-0.2, -0.15) is 4.31 Å². The van der Waals surface area contributed by atoms with Crippen molar-refractivity contribution < 1.29 is 16.8 Å². The molecule has 8 heteroatoms. The van der Waals surface area contributed by atoms with E-state index in [2.05, 4.69) is 4.72 Å². The molecule has 0 bridgehead atoms. The number of hydrogen-bond acceptors (Lipinski definition) is 4. The predicted molar refractivity (Wildman–Crippen MR) is 107 cm³/mol. The van der Waals surface area contributed by atoms with Gasteiger partial charge in [-0.15, -0.1) is 0 Å². The fraction of sp³-hybridized carbons (Fsp3) is 0.263. The molecule has 1 aliphatic rings. The third kappa shape index (κ3) is 5.18. The molecule has 1 N–H and O–H groups in total. The van der Waals surface area contributed by atoms with Gasteiger partial charge in [0.1, 0.15) is 0 Å². The fourth-order valence-corrected chi connectivity index (χ4v) is 5.27. The first-order chi connectivity index (χ1) is 12.9. The smallest absolute Gasteiger partial charge is 0.255 e. The molecule has 6 nitrogen and oxygen atoms in total. The van der Waals surface area contributed by atoms with Gasteiger partial charge in [-0.05, 0) is 48.7 Å². The molecule has 0 spiro atoms. The molecule has 0 unspecified atom stereocenters. The highest BCUT2D eigenvalue weighted by molar-refractivity contribution is 7.95. The van der Waals surface area contributed by atoms with Crippen LogP contribution in [0.2, 0.25) is 0 Å². The summed E-state index contributed by atoms with van der Waals surface area (Å²) in [5.41, 5.74) is 1.08. The van der Waals surface area contributed by atoms with E-state index >= 15 is 0 Å². The van der Waals surface area contributed by atoms with E-state index in [1.54, 1.807) is 12.1 Å². The molecule has 1 heterocycles. The minimum atomic E-state index is -3.69. The van der Waals surface area contributed by atoms with Crippen LogP contribution in [0.5, 0.6) is 0 Å². The number of nitrogens with zero attached hydrogens (tertiary/aromatic N) is 1. The van der Waals surface area contributed by atoms with Crippen molar-refractivity contribution in [2.45, 2.75) is 24.2 Å². The van der Waals surface area contributed by atoms with Gasteiger partial charge in [-0.25, -0.2) is 16.8 Å². The number of sulfonamides is 2. The van der Waals surface area contributed by atoms with Crippen LogP contribution in [0.25, 0.3) is 6.08 Å². The van der Waals surface area contributed by atoms with E-state index in [0.717, 1.165) is 30.2 Å². The van der Waals surface area contributed by atoms with Gasteiger partial charge in [0.25, 0.3) is 10.0 Å². The lowest BCUT2D eigenvalue weighted by Gasteiger charge is -2.25. The molecule has 2 aromatic carbocycles. The molecular formula is C19H22N2O4S2. The molecule has 1 saturated heterocycles. The van der Waals surface area contributed by atoms with Gasteiger partial charge in [0.2, 0.25) is 10.0 Å². The largest absolute Gasteiger partial charge is 0.280 e. The first kappa shape index (κ1) is 19.6. The van der Waals surface area contributed by atoms with Crippen LogP contribution >= 0.6 is 0 Å². The second-order valence-electron chi connectivity index (χ2n) is 6.35. The second-order valence-corrected chi connectivity index (χ2v) is 9.85. The number of benzene rings is 2. The van der Waals surface area contributed by atoms with Crippen molar-refractivity contribution >= 4 is 31.8 Å². The minimum Gasteiger partial charge on any atom is -0.280 e. The number of rotatable bonds is 6. The highest BCUT2D eigenvalue weighted by Crippen LogP contribution is 2.22. The molecule has 3 rings (SSSR count). The van der Waals surface area contributed by atoms with E-state index in [4.69, 9.17) is 0 Å². The Bertz CT molecular complexity index is 993. The Hall–Kier alpha value is -2.16. The Morgan fingerprint density at radius 3 is 2.07 bits per heavy atom. The molecule has 144 valence electrons. The maximum atomic E-state index is 12.6. The van der Waals surface area contributed by atoms with Crippen LogP contribution in [0.3, 0.4) is 0 Å². The van der Waals surface area contributed by atoms with Crippen molar-refractivity contribution in [3.8, 4) is 0 Å². The van der Waals surface area contributed by atoms with Crippen LogP contribution < -0.4 is 4.72 Å². The molecule has 1 aliphatic heterocycles.